The smallest absolute Gasteiger partial charge is 0.217 e. The third-order valence-corrected chi connectivity index (χ3v) is 3.11. The average molecular weight is 257 g/mol. The summed E-state index contributed by atoms with van der Waals surface area (Å²) in [5.41, 5.74) is 4.98. The molecule has 1 aliphatic rings. The normalized spacial score (nSPS) is 22.7. The molecule has 2 aromatic rings. The van der Waals surface area contributed by atoms with Crippen LogP contribution in [0, 0.1) is 6.92 Å². The van der Waals surface area contributed by atoms with Crippen molar-refractivity contribution in [2.24, 2.45) is 0 Å². The summed E-state index contributed by atoms with van der Waals surface area (Å²) in [5, 5.41) is 10.4. The van der Waals surface area contributed by atoms with Crippen LogP contribution in [0.3, 0.4) is 0 Å². The Morgan fingerprint density at radius 1 is 1.11 bits per heavy atom. The van der Waals surface area contributed by atoms with Gasteiger partial charge in [-0.15, -0.1) is 0 Å². The van der Waals surface area contributed by atoms with E-state index in [-0.39, 0.29) is 0 Å². The summed E-state index contributed by atoms with van der Waals surface area (Å²) >= 11 is 0. The second kappa shape index (κ2) is 4.26. The summed E-state index contributed by atoms with van der Waals surface area (Å²) in [6.07, 6.45) is 0. The second-order valence-corrected chi connectivity index (χ2v) is 4.71. The van der Waals surface area contributed by atoms with Crippen LogP contribution in [-0.4, -0.2) is 10.9 Å². The Morgan fingerprint density at radius 2 is 1.84 bits per heavy atom. The fraction of sp³-hybridized carbons (Fsp3) is 0.200. The molecule has 1 aromatic carbocycles. The van der Waals surface area contributed by atoms with Gasteiger partial charge < -0.3 is 9.52 Å². The molecule has 4 nitrogen and oxygen atoms in total. The van der Waals surface area contributed by atoms with Gasteiger partial charge in [-0.25, -0.2) is 4.84 Å². The van der Waals surface area contributed by atoms with Gasteiger partial charge in [0.15, 0.2) is 5.76 Å². The fourth-order valence-electron chi connectivity index (χ4n) is 2.24. The summed E-state index contributed by atoms with van der Waals surface area (Å²) in [4.78, 5) is 5.26. The molecule has 1 aliphatic heterocycles. The molecule has 0 aliphatic carbocycles. The molecule has 2 N–H and O–H groups in total. The highest BCUT2D eigenvalue weighted by Gasteiger charge is 2.39. The van der Waals surface area contributed by atoms with Crippen molar-refractivity contribution in [3.63, 3.8) is 0 Å². The van der Waals surface area contributed by atoms with E-state index in [0.29, 0.717) is 17.0 Å². The zero-order chi connectivity index (χ0) is 13.5. The molecule has 3 rings (SSSR count). The van der Waals surface area contributed by atoms with Crippen LogP contribution in [0.5, 0.6) is 0 Å². The molecule has 98 valence electrons. The van der Waals surface area contributed by atoms with Gasteiger partial charge in [0.25, 0.3) is 0 Å². The molecular formula is C15H15NO3. The first kappa shape index (κ1) is 12.0. The van der Waals surface area contributed by atoms with Gasteiger partial charge in [-0.05, 0) is 31.5 Å². The summed E-state index contributed by atoms with van der Waals surface area (Å²) in [5.74, 6) is 0.0644. The quantitative estimate of drug-likeness (QED) is 0.868. The number of furan rings is 1. The van der Waals surface area contributed by atoms with E-state index in [9.17, 15) is 5.11 Å². The Labute approximate surface area is 111 Å². The van der Waals surface area contributed by atoms with E-state index in [2.05, 4.69) is 5.48 Å². The predicted octanol–water partition coefficient (Wildman–Crippen LogP) is 2.70. The summed E-state index contributed by atoms with van der Waals surface area (Å²) < 4.78 is 5.60. The molecule has 4 heteroatoms. The number of hydroxylamine groups is 1. The summed E-state index contributed by atoms with van der Waals surface area (Å²) in [7, 11) is 0. The molecule has 2 heterocycles. The number of nitrogens with one attached hydrogen (secondary N) is 1. The molecule has 1 atom stereocenters. The minimum absolute atomic E-state index is 0.647. The third kappa shape index (κ3) is 2.05. The number of benzene rings is 1. The highest BCUT2D eigenvalue weighted by molar-refractivity contribution is 5.92. The van der Waals surface area contributed by atoms with Crippen LogP contribution in [-0.2, 0) is 4.84 Å². The first-order valence-electron chi connectivity index (χ1n) is 6.11. The largest absolute Gasteiger partial charge is 0.460 e. The maximum atomic E-state index is 10.4. The molecule has 0 saturated heterocycles. The number of aliphatic hydroxyl groups is 1. The Kier molecular flexibility index (Phi) is 2.69. The van der Waals surface area contributed by atoms with Crippen LogP contribution < -0.4 is 5.48 Å². The standard InChI is InChI=1S/C15H15NO3/c1-10-8-9-12(18-10)14-13(15(2,17)19-16-14)11-6-4-3-5-7-11/h3-9,16-17H,1-2H3. The van der Waals surface area contributed by atoms with Crippen LogP contribution in [0.2, 0.25) is 0 Å². The molecule has 1 aromatic heterocycles. The van der Waals surface area contributed by atoms with Gasteiger partial charge in [-0.2, -0.15) is 0 Å². The van der Waals surface area contributed by atoms with Crippen molar-refractivity contribution in [1.82, 2.24) is 5.48 Å². The molecule has 0 saturated carbocycles. The van der Waals surface area contributed by atoms with E-state index in [1.807, 2.05) is 49.4 Å². The van der Waals surface area contributed by atoms with Crippen LogP contribution >= 0.6 is 0 Å². The average Bonchev–Trinajstić information content (AvgIpc) is 2.93. The lowest BCUT2D eigenvalue weighted by atomic mass is 9.96. The molecule has 0 bridgehead atoms. The van der Waals surface area contributed by atoms with Crippen LogP contribution in [0.15, 0.2) is 46.9 Å². The van der Waals surface area contributed by atoms with Crippen molar-refractivity contribution in [3.8, 4) is 0 Å². The van der Waals surface area contributed by atoms with Gasteiger partial charge in [-0.3, -0.25) is 5.48 Å². The van der Waals surface area contributed by atoms with E-state index in [1.165, 1.54) is 0 Å². The first-order valence-corrected chi connectivity index (χ1v) is 6.11. The van der Waals surface area contributed by atoms with Crippen molar-refractivity contribution in [2.75, 3.05) is 0 Å². The van der Waals surface area contributed by atoms with Gasteiger partial charge in [0.1, 0.15) is 11.5 Å². The maximum Gasteiger partial charge on any atom is 0.217 e. The number of hydrogen-bond acceptors (Lipinski definition) is 4. The molecule has 19 heavy (non-hydrogen) atoms. The maximum absolute atomic E-state index is 10.4. The van der Waals surface area contributed by atoms with E-state index in [0.717, 1.165) is 11.3 Å². The Bertz CT molecular complexity index is 626. The van der Waals surface area contributed by atoms with Crippen molar-refractivity contribution in [3.05, 3.63) is 59.5 Å². The first-order chi connectivity index (χ1) is 9.08. The molecule has 0 spiro atoms. The van der Waals surface area contributed by atoms with E-state index < -0.39 is 5.79 Å². The Hall–Kier alpha value is -2.04. The van der Waals surface area contributed by atoms with Gasteiger partial charge in [-0.1, -0.05) is 30.3 Å². The topological polar surface area (TPSA) is 54.6 Å². The zero-order valence-corrected chi connectivity index (χ0v) is 10.8. The van der Waals surface area contributed by atoms with Crippen LogP contribution in [0.1, 0.15) is 24.0 Å². The monoisotopic (exact) mass is 257 g/mol. The lowest BCUT2D eigenvalue weighted by Crippen LogP contribution is -2.27. The number of hydrogen-bond donors (Lipinski definition) is 2. The minimum Gasteiger partial charge on any atom is -0.460 e. The second-order valence-electron chi connectivity index (χ2n) is 4.71. The molecule has 0 amide bonds. The van der Waals surface area contributed by atoms with Gasteiger partial charge >= 0.3 is 0 Å². The molecular weight excluding hydrogens is 242 g/mol. The van der Waals surface area contributed by atoms with Gasteiger partial charge in [0, 0.05) is 5.57 Å². The van der Waals surface area contributed by atoms with E-state index >= 15 is 0 Å². The highest BCUT2D eigenvalue weighted by atomic mass is 16.7. The lowest BCUT2D eigenvalue weighted by Gasteiger charge is -2.18. The number of rotatable bonds is 2. The van der Waals surface area contributed by atoms with Gasteiger partial charge in [0.2, 0.25) is 5.79 Å². The fourth-order valence-corrected chi connectivity index (χ4v) is 2.24. The summed E-state index contributed by atoms with van der Waals surface area (Å²) in [6.45, 7) is 3.48. The molecule has 0 fully saturated rings. The summed E-state index contributed by atoms with van der Waals surface area (Å²) in [6, 6.07) is 13.3. The van der Waals surface area contributed by atoms with Crippen LogP contribution in [0.4, 0.5) is 0 Å². The van der Waals surface area contributed by atoms with Crippen LogP contribution in [0.25, 0.3) is 11.3 Å². The lowest BCUT2D eigenvalue weighted by molar-refractivity contribution is -0.160. The van der Waals surface area contributed by atoms with Gasteiger partial charge in [0.05, 0.1) is 0 Å². The zero-order valence-electron chi connectivity index (χ0n) is 10.8. The van der Waals surface area contributed by atoms with Crippen molar-refractivity contribution in [2.45, 2.75) is 19.6 Å². The third-order valence-electron chi connectivity index (χ3n) is 3.11. The minimum atomic E-state index is -1.39. The van der Waals surface area contributed by atoms with E-state index in [4.69, 9.17) is 9.25 Å². The number of aryl methyl sites for hydroxylation is 1. The van der Waals surface area contributed by atoms with Crippen molar-refractivity contribution in [1.29, 1.82) is 0 Å². The highest BCUT2D eigenvalue weighted by Crippen LogP contribution is 2.39. The predicted molar refractivity (Wildman–Crippen MR) is 71.5 cm³/mol. The molecule has 1 unspecified atom stereocenters. The molecule has 0 radical (unpaired) electrons. The van der Waals surface area contributed by atoms with Crippen molar-refractivity contribution < 1.29 is 14.4 Å². The van der Waals surface area contributed by atoms with E-state index in [1.54, 1.807) is 6.92 Å². The Morgan fingerprint density at radius 3 is 2.47 bits per heavy atom. The SMILES string of the molecule is Cc1ccc(C2=C(c3ccccc3)C(C)(O)ON2)o1. The van der Waals surface area contributed by atoms with Crippen molar-refractivity contribution >= 4 is 11.3 Å². The Balaban J connectivity index is 2.18.